The normalized spacial score (nSPS) is 18.6. The molecule has 1 amide bonds. The largest absolute Gasteiger partial charge is 0.348 e. The van der Waals surface area contributed by atoms with Gasteiger partial charge in [0.25, 0.3) is 0 Å². The summed E-state index contributed by atoms with van der Waals surface area (Å²) < 4.78 is 0. The molecule has 0 spiro atoms. The summed E-state index contributed by atoms with van der Waals surface area (Å²) in [7, 11) is 3.87. The average molecular weight is 415 g/mol. The molecule has 0 unspecified atom stereocenters. The maximum Gasteiger partial charge on any atom is 0.231 e. The predicted molar refractivity (Wildman–Crippen MR) is 117 cm³/mol. The van der Waals surface area contributed by atoms with Gasteiger partial charge in [0, 0.05) is 32.1 Å². The van der Waals surface area contributed by atoms with Crippen LogP contribution >= 0.6 is 11.3 Å². The Morgan fingerprint density at radius 2 is 1.90 bits per heavy atom. The summed E-state index contributed by atoms with van der Waals surface area (Å²) in [4.78, 5) is 32.4. The van der Waals surface area contributed by atoms with Gasteiger partial charge >= 0.3 is 0 Å². The van der Waals surface area contributed by atoms with Crippen molar-refractivity contribution in [3.05, 3.63) is 28.2 Å². The zero-order valence-electron chi connectivity index (χ0n) is 17.4. The molecule has 0 bridgehead atoms. The van der Waals surface area contributed by atoms with Gasteiger partial charge in [-0.25, -0.2) is 0 Å². The number of amides is 1. The molecule has 1 aliphatic carbocycles. The number of thiophene rings is 1. The molecule has 0 radical (unpaired) electrons. The highest BCUT2D eigenvalue weighted by molar-refractivity contribution is 7.10. The second-order valence-electron chi connectivity index (χ2n) is 8.24. The zero-order chi connectivity index (χ0) is 20.3. The fraction of sp³-hybridized carbons (Fsp3) is 0.619. The number of anilines is 2. The third-order valence-electron chi connectivity index (χ3n) is 5.99. The molecule has 1 saturated carbocycles. The van der Waals surface area contributed by atoms with E-state index in [2.05, 4.69) is 36.6 Å². The Morgan fingerprint density at radius 1 is 1.14 bits per heavy atom. The summed E-state index contributed by atoms with van der Waals surface area (Å²) in [6, 6.07) is 4.13. The maximum atomic E-state index is 13.2. The summed E-state index contributed by atoms with van der Waals surface area (Å²) in [5.41, 5.74) is -0.388. The molecule has 8 heteroatoms. The maximum absolute atomic E-state index is 13.2. The Kier molecular flexibility index (Phi) is 5.99. The summed E-state index contributed by atoms with van der Waals surface area (Å²) in [5.74, 6) is 2.08. The molecular weight excluding hydrogens is 384 g/mol. The summed E-state index contributed by atoms with van der Waals surface area (Å²) >= 11 is 1.68. The lowest BCUT2D eigenvalue weighted by atomic mass is 9.83. The van der Waals surface area contributed by atoms with Crippen molar-refractivity contribution in [2.45, 2.75) is 56.9 Å². The first kappa shape index (κ1) is 20.1. The topological polar surface area (TPSA) is 74.2 Å². The van der Waals surface area contributed by atoms with Gasteiger partial charge in [-0.05, 0) is 43.6 Å². The third-order valence-corrected chi connectivity index (χ3v) is 7.06. The lowest BCUT2D eigenvalue weighted by Crippen LogP contribution is -2.42. The molecule has 2 aliphatic rings. The molecule has 1 N–H and O–H groups in total. The van der Waals surface area contributed by atoms with Gasteiger partial charge in [-0.2, -0.15) is 15.0 Å². The second kappa shape index (κ2) is 8.65. The smallest absolute Gasteiger partial charge is 0.231 e. The van der Waals surface area contributed by atoms with E-state index in [4.69, 9.17) is 0 Å². The van der Waals surface area contributed by atoms with Crippen molar-refractivity contribution >= 4 is 29.1 Å². The Labute approximate surface area is 176 Å². The van der Waals surface area contributed by atoms with Crippen LogP contribution in [0.5, 0.6) is 0 Å². The number of hydrogen-bond donors (Lipinski definition) is 1. The molecule has 2 aromatic heterocycles. The van der Waals surface area contributed by atoms with Crippen LogP contribution < -0.4 is 15.1 Å². The number of nitrogens with one attached hydrogen (secondary N) is 1. The van der Waals surface area contributed by atoms with E-state index in [9.17, 15) is 4.79 Å². The van der Waals surface area contributed by atoms with Gasteiger partial charge in [-0.3, -0.25) is 4.79 Å². The van der Waals surface area contributed by atoms with Gasteiger partial charge in [0.2, 0.25) is 17.8 Å². The lowest BCUT2D eigenvalue weighted by molar-refractivity contribution is -0.126. The third kappa shape index (κ3) is 4.22. The van der Waals surface area contributed by atoms with Gasteiger partial charge in [-0.1, -0.05) is 18.9 Å². The fourth-order valence-corrected chi connectivity index (χ4v) is 5.34. The van der Waals surface area contributed by atoms with E-state index in [-0.39, 0.29) is 11.3 Å². The van der Waals surface area contributed by atoms with Crippen LogP contribution in [0.1, 0.15) is 55.6 Å². The van der Waals surface area contributed by atoms with Crippen molar-refractivity contribution in [1.29, 1.82) is 0 Å². The van der Waals surface area contributed by atoms with Crippen LogP contribution in [-0.2, 0) is 16.8 Å². The zero-order valence-corrected chi connectivity index (χ0v) is 18.2. The van der Waals surface area contributed by atoms with Gasteiger partial charge in [0.05, 0.1) is 12.0 Å². The minimum atomic E-state index is -0.388. The molecule has 1 aliphatic heterocycles. The van der Waals surface area contributed by atoms with Crippen LogP contribution in [0.2, 0.25) is 0 Å². The first-order valence-corrected chi connectivity index (χ1v) is 11.5. The van der Waals surface area contributed by atoms with Crippen molar-refractivity contribution in [3.8, 4) is 0 Å². The van der Waals surface area contributed by atoms with Crippen molar-refractivity contribution in [1.82, 2.24) is 20.3 Å². The highest BCUT2D eigenvalue weighted by atomic mass is 32.1. The van der Waals surface area contributed by atoms with E-state index in [1.807, 2.05) is 25.1 Å². The standard InChI is InChI=1S/C21H30N6OS/c1-26(2)19-23-17(24-20(25-19)27-12-6-3-7-13-27)15-22-18(28)21(10-4-5-11-21)16-9-8-14-29-16/h8-9,14H,3-7,10-13,15H2,1-2H3,(H,22,28). The summed E-state index contributed by atoms with van der Waals surface area (Å²) in [6.07, 6.45) is 7.62. The molecular formula is C21H30N6OS. The van der Waals surface area contributed by atoms with Crippen molar-refractivity contribution in [3.63, 3.8) is 0 Å². The second-order valence-corrected chi connectivity index (χ2v) is 9.19. The SMILES string of the molecule is CN(C)c1nc(CNC(=O)C2(c3cccs3)CCCC2)nc(N2CCCCC2)n1. The molecule has 4 rings (SSSR count). The minimum absolute atomic E-state index is 0.101. The van der Waals surface area contributed by atoms with Crippen LogP contribution in [-0.4, -0.2) is 48.0 Å². The fourth-order valence-electron chi connectivity index (χ4n) is 4.35. The van der Waals surface area contributed by atoms with Crippen LogP contribution in [0.4, 0.5) is 11.9 Å². The summed E-state index contributed by atoms with van der Waals surface area (Å²) in [5, 5.41) is 5.20. The van der Waals surface area contributed by atoms with E-state index in [0.29, 0.717) is 18.3 Å². The Morgan fingerprint density at radius 3 is 2.55 bits per heavy atom. The van der Waals surface area contributed by atoms with Gasteiger partial charge in [0.15, 0.2) is 5.82 Å². The number of carbonyl (C=O) groups excluding carboxylic acids is 1. The molecule has 7 nitrogen and oxygen atoms in total. The first-order chi connectivity index (χ1) is 14.1. The molecule has 0 atom stereocenters. The Hall–Kier alpha value is -2.22. The monoisotopic (exact) mass is 414 g/mol. The predicted octanol–water partition coefficient (Wildman–Crippen LogP) is 3.12. The van der Waals surface area contributed by atoms with Crippen molar-refractivity contribution in [2.24, 2.45) is 0 Å². The molecule has 2 aromatic rings. The summed E-state index contributed by atoms with van der Waals surface area (Å²) in [6.45, 7) is 2.28. The van der Waals surface area contributed by atoms with Crippen molar-refractivity contribution in [2.75, 3.05) is 37.0 Å². The number of aromatic nitrogens is 3. The van der Waals surface area contributed by atoms with Crippen LogP contribution in [0.3, 0.4) is 0 Å². The number of hydrogen-bond acceptors (Lipinski definition) is 7. The first-order valence-electron chi connectivity index (χ1n) is 10.6. The number of rotatable bonds is 6. The Bertz CT molecular complexity index is 826. The molecule has 29 heavy (non-hydrogen) atoms. The Balaban J connectivity index is 1.52. The van der Waals surface area contributed by atoms with Gasteiger partial charge in [0.1, 0.15) is 0 Å². The van der Waals surface area contributed by atoms with E-state index < -0.39 is 0 Å². The number of nitrogens with zero attached hydrogens (tertiary/aromatic N) is 5. The molecule has 2 fully saturated rings. The van der Waals surface area contributed by atoms with E-state index in [1.165, 1.54) is 24.1 Å². The molecule has 1 saturated heterocycles. The average Bonchev–Trinajstić information content (AvgIpc) is 3.45. The van der Waals surface area contributed by atoms with Gasteiger partial charge < -0.3 is 15.1 Å². The van der Waals surface area contributed by atoms with Crippen LogP contribution in [0.15, 0.2) is 17.5 Å². The highest BCUT2D eigenvalue weighted by Gasteiger charge is 2.43. The quantitative estimate of drug-likeness (QED) is 0.783. The molecule has 156 valence electrons. The lowest BCUT2D eigenvalue weighted by Gasteiger charge is -2.28. The van der Waals surface area contributed by atoms with Gasteiger partial charge in [-0.15, -0.1) is 11.3 Å². The highest BCUT2D eigenvalue weighted by Crippen LogP contribution is 2.43. The number of piperidine rings is 1. The molecule has 3 heterocycles. The van der Waals surface area contributed by atoms with Crippen LogP contribution in [0.25, 0.3) is 0 Å². The van der Waals surface area contributed by atoms with Crippen LogP contribution in [0, 0.1) is 0 Å². The minimum Gasteiger partial charge on any atom is -0.348 e. The van der Waals surface area contributed by atoms with E-state index in [1.54, 1.807) is 11.3 Å². The van der Waals surface area contributed by atoms with Crippen molar-refractivity contribution < 1.29 is 4.79 Å². The molecule has 0 aromatic carbocycles. The van der Waals surface area contributed by atoms with E-state index in [0.717, 1.165) is 44.7 Å². The number of carbonyl (C=O) groups is 1. The van der Waals surface area contributed by atoms with E-state index >= 15 is 0 Å².